The zero-order valence-corrected chi connectivity index (χ0v) is 11.3. The molecule has 0 saturated carbocycles. The first-order chi connectivity index (χ1) is 9.15. The summed E-state index contributed by atoms with van der Waals surface area (Å²) in [4.78, 5) is 18.7. The number of carboxylic acids is 1. The highest BCUT2D eigenvalue weighted by Gasteiger charge is 2.12. The molecule has 94 valence electrons. The van der Waals surface area contributed by atoms with Crippen LogP contribution in [0.5, 0.6) is 0 Å². The first-order valence-corrected chi connectivity index (χ1v) is 6.42. The summed E-state index contributed by atoms with van der Waals surface area (Å²) in [5, 5.41) is 9.04. The smallest absolute Gasteiger partial charge is 0.335 e. The number of H-pyrrole nitrogens is 1. The Morgan fingerprint density at radius 2 is 2.00 bits per heavy atom. The molecular formula is C14H9BrN2O2. The van der Waals surface area contributed by atoms with Crippen LogP contribution in [-0.2, 0) is 0 Å². The first kappa shape index (κ1) is 11.9. The normalized spacial score (nSPS) is 10.8. The van der Waals surface area contributed by atoms with Crippen LogP contribution in [0.3, 0.4) is 0 Å². The quantitative estimate of drug-likeness (QED) is 0.757. The van der Waals surface area contributed by atoms with E-state index < -0.39 is 5.97 Å². The van der Waals surface area contributed by atoms with Crippen molar-refractivity contribution in [1.82, 2.24) is 9.97 Å². The molecule has 0 saturated heterocycles. The number of hydrogen-bond acceptors (Lipinski definition) is 2. The maximum Gasteiger partial charge on any atom is 0.335 e. The van der Waals surface area contributed by atoms with Gasteiger partial charge in [0, 0.05) is 10.0 Å². The molecule has 1 aromatic heterocycles. The van der Waals surface area contributed by atoms with Gasteiger partial charge in [0.1, 0.15) is 5.82 Å². The topological polar surface area (TPSA) is 66.0 Å². The lowest BCUT2D eigenvalue weighted by Gasteiger charge is -2.02. The number of hydrogen-bond donors (Lipinski definition) is 2. The minimum absolute atomic E-state index is 0.235. The van der Waals surface area contributed by atoms with E-state index in [2.05, 4.69) is 25.9 Å². The molecule has 2 aromatic carbocycles. The van der Waals surface area contributed by atoms with Gasteiger partial charge in [-0.05, 0) is 30.3 Å². The Morgan fingerprint density at radius 3 is 2.74 bits per heavy atom. The summed E-state index contributed by atoms with van der Waals surface area (Å²) in [5.41, 5.74) is 2.74. The van der Waals surface area contributed by atoms with Crippen LogP contribution in [-0.4, -0.2) is 21.0 Å². The monoisotopic (exact) mass is 316 g/mol. The van der Waals surface area contributed by atoms with E-state index >= 15 is 0 Å². The molecule has 5 heteroatoms. The third kappa shape index (κ3) is 2.13. The van der Waals surface area contributed by atoms with Crippen LogP contribution < -0.4 is 0 Å². The predicted molar refractivity (Wildman–Crippen MR) is 76.2 cm³/mol. The molecule has 0 radical (unpaired) electrons. The summed E-state index contributed by atoms with van der Waals surface area (Å²) in [5.74, 6) is -0.305. The van der Waals surface area contributed by atoms with E-state index in [0.29, 0.717) is 5.82 Å². The van der Waals surface area contributed by atoms with Crippen molar-refractivity contribution in [2.75, 3.05) is 0 Å². The highest BCUT2D eigenvalue weighted by atomic mass is 79.9. The summed E-state index contributed by atoms with van der Waals surface area (Å²) in [6, 6.07) is 12.5. The van der Waals surface area contributed by atoms with E-state index in [9.17, 15) is 4.79 Å². The van der Waals surface area contributed by atoms with Crippen LogP contribution in [0, 0.1) is 0 Å². The molecule has 0 fully saturated rings. The lowest BCUT2D eigenvalue weighted by atomic mass is 10.1. The van der Waals surface area contributed by atoms with Crippen LogP contribution in [0.15, 0.2) is 46.9 Å². The molecule has 0 aliphatic rings. The van der Waals surface area contributed by atoms with Gasteiger partial charge in [0.05, 0.1) is 16.6 Å². The van der Waals surface area contributed by atoms with Gasteiger partial charge in [-0.1, -0.05) is 28.1 Å². The Balaban J connectivity index is 2.20. The van der Waals surface area contributed by atoms with E-state index in [0.717, 1.165) is 21.1 Å². The molecule has 19 heavy (non-hydrogen) atoms. The number of halogens is 1. The van der Waals surface area contributed by atoms with Gasteiger partial charge in [-0.15, -0.1) is 0 Å². The Bertz CT molecular complexity index is 747. The average molecular weight is 317 g/mol. The highest BCUT2D eigenvalue weighted by Crippen LogP contribution is 2.28. The molecule has 0 unspecified atom stereocenters. The van der Waals surface area contributed by atoms with Gasteiger partial charge < -0.3 is 10.1 Å². The van der Waals surface area contributed by atoms with Crippen molar-refractivity contribution in [3.05, 3.63) is 52.5 Å². The molecule has 0 atom stereocenters. The third-order valence-corrected chi connectivity index (χ3v) is 3.55. The van der Waals surface area contributed by atoms with Gasteiger partial charge in [0.25, 0.3) is 0 Å². The second kappa shape index (κ2) is 4.51. The van der Waals surface area contributed by atoms with Crippen molar-refractivity contribution >= 4 is 32.9 Å². The molecule has 2 N–H and O–H groups in total. The lowest BCUT2D eigenvalue weighted by Crippen LogP contribution is -1.96. The maximum atomic E-state index is 11.0. The van der Waals surface area contributed by atoms with Crippen LogP contribution in [0.1, 0.15) is 10.4 Å². The number of aromatic carboxylic acids is 1. The molecule has 0 aliphatic heterocycles. The summed E-state index contributed by atoms with van der Waals surface area (Å²) < 4.78 is 0.802. The molecule has 0 amide bonds. The molecule has 1 heterocycles. The SMILES string of the molecule is O=C(O)c1ccc(Br)c(-c2nc3ccccc3[nH]2)c1. The first-order valence-electron chi connectivity index (χ1n) is 5.63. The number of rotatable bonds is 2. The number of carbonyl (C=O) groups is 1. The number of benzene rings is 2. The third-order valence-electron chi connectivity index (χ3n) is 2.86. The molecule has 0 bridgehead atoms. The van der Waals surface area contributed by atoms with Crippen molar-refractivity contribution in [3.8, 4) is 11.4 Å². The van der Waals surface area contributed by atoms with E-state index in [1.165, 1.54) is 0 Å². The maximum absolute atomic E-state index is 11.0. The zero-order valence-electron chi connectivity index (χ0n) is 9.72. The van der Waals surface area contributed by atoms with Gasteiger partial charge in [-0.25, -0.2) is 9.78 Å². The number of para-hydroxylation sites is 2. The number of fused-ring (bicyclic) bond motifs is 1. The van der Waals surface area contributed by atoms with Crippen LogP contribution in [0.25, 0.3) is 22.4 Å². The number of nitrogens with one attached hydrogen (secondary N) is 1. The standard InChI is InChI=1S/C14H9BrN2O2/c15-10-6-5-8(14(18)19)7-9(10)13-16-11-3-1-2-4-12(11)17-13/h1-7H,(H,16,17)(H,18,19). The van der Waals surface area contributed by atoms with Gasteiger partial charge in [-0.3, -0.25) is 0 Å². The van der Waals surface area contributed by atoms with Crippen LogP contribution >= 0.6 is 15.9 Å². The molecule has 3 rings (SSSR count). The molecular weight excluding hydrogens is 308 g/mol. The van der Waals surface area contributed by atoms with E-state index in [-0.39, 0.29) is 5.56 Å². The lowest BCUT2D eigenvalue weighted by molar-refractivity contribution is 0.0697. The van der Waals surface area contributed by atoms with Gasteiger partial charge in [0.2, 0.25) is 0 Å². The van der Waals surface area contributed by atoms with E-state index in [1.807, 2.05) is 24.3 Å². The Labute approximate surface area is 117 Å². The van der Waals surface area contributed by atoms with Crippen molar-refractivity contribution in [3.63, 3.8) is 0 Å². The minimum atomic E-state index is -0.954. The fourth-order valence-corrected chi connectivity index (χ4v) is 2.35. The predicted octanol–water partition coefficient (Wildman–Crippen LogP) is 3.69. The highest BCUT2D eigenvalue weighted by molar-refractivity contribution is 9.10. The number of imidazole rings is 1. The minimum Gasteiger partial charge on any atom is -0.478 e. The molecule has 4 nitrogen and oxygen atoms in total. The number of nitrogens with zero attached hydrogens (tertiary/aromatic N) is 1. The Hall–Kier alpha value is -2.14. The number of carboxylic acid groups (broad SMARTS) is 1. The number of aromatic amines is 1. The molecule has 0 aliphatic carbocycles. The van der Waals surface area contributed by atoms with Gasteiger partial charge in [0.15, 0.2) is 0 Å². The van der Waals surface area contributed by atoms with Crippen molar-refractivity contribution < 1.29 is 9.90 Å². The van der Waals surface area contributed by atoms with Crippen LogP contribution in [0.4, 0.5) is 0 Å². The Morgan fingerprint density at radius 1 is 1.21 bits per heavy atom. The van der Waals surface area contributed by atoms with E-state index in [4.69, 9.17) is 5.11 Å². The second-order valence-corrected chi connectivity index (χ2v) is 4.96. The molecule has 0 spiro atoms. The average Bonchev–Trinajstić information content (AvgIpc) is 2.82. The Kier molecular flexibility index (Phi) is 2.83. The van der Waals surface area contributed by atoms with Crippen molar-refractivity contribution in [2.45, 2.75) is 0 Å². The van der Waals surface area contributed by atoms with Gasteiger partial charge >= 0.3 is 5.97 Å². The van der Waals surface area contributed by atoms with Crippen LogP contribution in [0.2, 0.25) is 0 Å². The fraction of sp³-hybridized carbons (Fsp3) is 0. The zero-order chi connectivity index (χ0) is 13.4. The summed E-state index contributed by atoms with van der Waals surface area (Å²) in [6.07, 6.45) is 0. The van der Waals surface area contributed by atoms with E-state index in [1.54, 1.807) is 18.2 Å². The summed E-state index contributed by atoms with van der Waals surface area (Å²) in [7, 11) is 0. The summed E-state index contributed by atoms with van der Waals surface area (Å²) in [6.45, 7) is 0. The second-order valence-electron chi connectivity index (χ2n) is 4.10. The number of aromatic nitrogens is 2. The summed E-state index contributed by atoms with van der Waals surface area (Å²) >= 11 is 3.42. The molecule has 3 aromatic rings. The van der Waals surface area contributed by atoms with Gasteiger partial charge in [-0.2, -0.15) is 0 Å². The van der Waals surface area contributed by atoms with Crippen molar-refractivity contribution in [1.29, 1.82) is 0 Å². The fourth-order valence-electron chi connectivity index (χ4n) is 1.92. The largest absolute Gasteiger partial charge is 0.478 e. The van der Waals surface area contributed by atoms with Crippen molar-refractivity contribution in [2.24, 2.45) is 0 Å².